The Bertz CT molecular complexity index is 122. The van der Waals surface area contributed by atoms with Crippen LogP contribution in [-0.4, -0.2) is 0 Å². The third-order valence-electron chi connectivity index (χ3n) is 3.76. The molecule has 2 atom stereocenters. The molecule has 0 nitrogen and oxygen atoms in total. The second-order valence-electron chi connectivity index (χ2n) is 4.47. The highest BCUT2D eigenvalue weighted by Gasteiger charge is 2.41. The summed E-state index contributed by atoms with van der Waals surface area (Å²) in [5.74, 6) is 3.45. The Morgan fingerprint density at radius 3 is 2.36 bits per heavy atom. The van der Waals surface area contributed by atoms with Crippen molar-refractivity contribution in [1.29, 1.82) is 0 Å². The summed E-state index contributed by atoms with van der Waals surface area (Å²) >= 11 is 0. The minimum atomic E-state index is 1.14. The topological polar surface area (TPSA) is 0 Å². The average molecular weight is 152 g/mol. The molecule has 0 bridgehead atoms. The van der Waals surface area contributed by atoms with Gasteiger partial charge >= 0.3 is 0 Å². The first kappa shape index (κ1) is 7.64. The van der Waals surface area contributed by atoms with Gasteiger partial charge in [-0.2, -0.15) is 0 Å². The molecule has 0 aromatic carbocycles. The maximum atomic E-state index is 2.35. The molecule has 0 N–H and O–H groups in total. The molecule has 0 aromatic rings. The molecule has 64 valence electrons. The number of rotatable bonds is 2. The zero-order valence-electron chi connectivity index (χ0n) is 7.68. The monoisotopic (exact) mass is 152 g/mol. The van der Waals surface area contributed by atoms with E-state index >= 15 is 0 Å². The van der Waals surface area contributed by atoms with Crippen molar-refractivity contribution in [2.24, 2.45) is 17.8 Å². The first-order chi connectivity index (χ1) is 5.42. The highest BCUT2D eigenvalue weighted by atomic mass is 14.5. The van der Waals surface area contributed by atoms with Crippen LogP contribution in [0.1, 0.15) is 51.9 Å². The Morgan fingerprint density at radius 2 is 1.82 bits per heavy atom. The van der Waals surface area contributed by atoms with E-state index in [1.165, 1.54) is 31.6 Å². The lowest BCUT2D eigenvalue weighted by Gasteiger charge is -2.21. The standard InChI is InChI=1S/C11H20/c1-2-9-8-11(9)10-6-4-3-5-7-10/h9-11H,2-8H2,1H3/t9-,11-/m0/s1. The number of hydrogen-bond donors (Lipinski definition) is 0. The summed E-state index contributed by atoms with van der Waals surface area (Å²) in [5.41, 5.74) is 0. The van der Waals surface area contributed by atoms with Crippen molar-refractivity contribution in [3.63, 3.8) is 0 Å². The normalized spacial score (nSPS) is 39.0. The smallest absolute Gasteiger partial charge is 0.0355 e. The minimum absolute atomic E-state index is 1.14. The third-order valence-corrected chi connectivity index (χ3v) is 3.76. The van der Waals surface area contributed by atoms with E-state index in [1.807, 2.05) is 0 Å². The molecule has 0 heterocycles. The largest absolute Gasteiger partial charge is 0.0651 e. The zero-order valence-corrected chi connectivity index (χ0v) is 7.68. The van der Waals surface area contributed by atoms with Gasteiger partial charge in [0, 0.05) is 0 Å². The Morgan fingerprint density at radius 1 is 1.09 bits per heavy atom. The summed E-state index contributed by atoms with van der Waals surface area (Å²) < 4.78 is 0. The van der Waals surface area contributed by atoms with Crippen molar-refractivity contribution >= 4 is 0 Å². The second kappa shape index (κ2) is 3.16. The molecule has 0 aliphatic heterocycles. The van der Waals surface area contributed by atoms with Crippen molar-refractivity contribution < 1.29 is 0 Å². The summed E-state index contributed by atoms with van der Waals surface area (Å²) in [6, 6.07) is 0. The van der Waals surface area contributed by atoms with Gasteiger partial charge in [0.15, 0.2) is 0 Å². The molecular weight excluding hydrogens is 132 g/mol. The second-order valence-corrected chi connectivity index (χ2v) is 4.47. The molecule has 2 rings (SSSR count). The van der Waals surface area contributed by atoms with Crippen LogP contribution >= 0.6 is 0 Å². The predicted octanol–water partition coefficient (Wildman–Crippen LogP) is 3.61. The summed E-state index contributed by atoms with van der Waals surface area (Å²) in [6.45, 7) is 2.35. The van der Waals surface area contributed by atoms with Gasteiger partial charge in [0.2, 0.25) is 0 Å². The molecule has 0 radical (unpaired) electrons. The first-order valence-electron chi connectivity index (χ1n) is 5.42. The Labute approximate surface area is 70.4 Å². The van der Waals surface area contributed by atoms with E-state index in [-0.39, 0.29) is 0 Å². The van der Waals surface area contributed by atoms with Crippen LogP contribution in [0.3, 0.4) is 0 Å². The molecular formula is C11H20. The van der Waals surface area contributed by atoms with Gasteiger partial charge in [-0.15, -0.1) is 0 Å². The van der Waals surface area contributed by atoms with Gasteiger partial charge in [0.1, 0.15) is 0 Å². The van der Waals surface area contributed by atoms with Crippen molar-refractivity contribution in [3.8, 4) is 0 Å². The van der Waals surface area contributed by atoms with Crippen LogP contribution < -0.4 is 0 Å². The molecule has 2 aliphatic rings. The Hall–Kier alpha value is 0. The van der Waals surface area contributed by atoms with Gasteiger partial charge in [0.25, 0.3) is 0 Å². The molecule has 0 spiro atoms. The SMILES string of the molecule is CC[C@H]1C[C@@H]1C1CCCCC1. The molecule has 0 saturated heterocycles. The maximum Gasteiger partial charge on any atom is -0.0355 e. The van der Waals surface area contributed by atoms with Crippen LogP contribution in [0.5, 0.6) is 0 Å². The van der Waals surface area contributed by atoms with Crippen molar-refractivity contribution in [2.45, 2.75) is 51.9 Å². The fraction of sp³-hybridized carbons (Fsp3) is 1.00. The van der Waals surface area contributed by atoms with Crippen molar-refractivity contribution in [3.05, 3.63) is 0 Å². The van der Waals surface area contributed by atoms with Gasteiger partial charge < -0.3 is 0 Å². The first-order valence-corrected chi connectivity index (χ1v) is 5.42. The molecule has 0 heteroatoms. The van der Waals surface area contributed by atoms with Crippen LogP contribution in [-0.2, 0) is 0 Å². The van der Waals surface area contributed by atoms with Gasteiger partial charge in [-0.1, -0.05) is 45.4 Å². The van der Waals surface area contributed by atoms with Crippen LogP contribution in [0.25, 0.3) is 0 Å². The van der Waals surface area contributed by atoms with Crippen LogP contribution in [0.2, 0.25) is 0 Å². The van der Waals surface area contributed by atoms with Crippen LogP contribution in [0, 0.1) is 17.8 Å². The van der Waals surface area contributed by atoms with E-state index in [4.69, 9.17) is 0 Å². The fourth-order valence-electron chi connectivity index (χ4n) is 2.88. The molecule has 2 saturated carbocycles. The zero-order chi connectivity index (χ0) is 7.68. The molecule has 0 aromatic heterocycles. The highest BCUT2D eigenvalue weighted by Crippen LogP contribution is 2.50. The summed E-state index contributed by atoms with van der Waals surface area (Å²) in [6.07, 6.45) is 10.7. The van der Waals surface area contributed by atoms with Crippen molar-refractivity contribution in [1.82, 2.24) is 0 Å². The minimum Gasteiger partial charge on any atom is -0.0651 e. The van der Waals surface area contributed by atoms with Crippen LogP contribution in [0.4, 0.5) is 0 Å². The van der Waals surface area contributed by atoms with E-state index in [1.54, 1.807) is 19.3 Å². The lowest BCUT2D eigenvalue weighted by Crippen LogP contribution is -2.09. The van der Waals surface area contributed by atoms with E-state index in [0.717, 1.165) is 11.8 Å². The van der Waals surface area contributed by atoms with E-state index in [9.17, 15) is 0 Å². The highest BCUT2D eigenvalue weighted by molar-refractivity contribution is 4.91. The van der Waals surface area contributed by atoms with Gasteiger partial charge in [0.05, 0.1) is 0 Å². The molecule has 0 amide bonds. The molecule has 2 fully saturated rings. The summed E-state index contributed by atoms with van der Waals surface area (Å²) in [7, 11) is 0. The lowest BCUT2D eigenvalue weighted by molar-refractivity contribution is 0.309. The molecule has 11 heavy (non-hydrogen) atoms. The van der Waals surface area contributed by atoms with Gasteiger partial charge in [-0.25, -0.2) is 0 Å². The third kappa shape index (κ3) is 1.60. The molecule has 0 unspecified atom stereocenters. The molecule has 2 aliphatic carbocycles. The summed E-state index contributed by atoms with van der Waals surface area (Å²) in [5, 5.41) is 0. The Balaban J connectivity index is 1.77. The van der Waals surface area contributed by atoms with Gasteiger partial charge in [-0.05, 0) is 24.2 Å². The summed E-state index contributed by atoms with van der Waals surface area (Å²) in [4.78, 5) is 0. The lowest BCUT2D eigenvalue weighted by atomic mass is 9.85. The van der Waals surface area contributed by atoms with Gasteiger partial charge in [-0.3, -0.25) is 0 Å². The maximum absolute atomic E-state index is 2.35. The predicted molar refractivity (Wildman–Crippen MR) is 48.5 cm³/mol. The number of hydrogen-bond acceptors (Lipinski definition) is 0. The van der Waals surface area contributed by atoms with Crippen molar-refractivity contribution in [2.75, 3.05) is 0 Å². The van der Waals surface area contributed by atoms with E-state index < -0.39 is 0 Å². The fourth-order valence-corrected chi connectivity index (χ4v) is 2.88. The Kier molecular flexibility index (Phi) is 2.20. The average Bonchev–Trinajstić information content (AvgIpc) is 2.85. The quantitative estimate of drug-likeness (QED) is 0.567. The van der Waals surface area contributed by atoms with Crippen LogP contribution in [0.15, 0.2) is 0 Å². The van der Waals surface area contributed by atoms with E-state index in [0.29, 0.717) is 0 Å². The van der Waals surface area contributed by atoms with E-state index in [2.05, 4.69) is 6.92 Å².